The number of Topliss-reactive ketones (excluding diaryl/α,β-unsaturated/α-hetero) is 1. The number of halogens is 1. The van der Waals surface area contributed by atoms with Gasteiger partial charge in [-0.05, 0) is 32.0 Å². The molecule has 1 amide bonds. The Hall–Kier alpha value is -1.36. The van der Waals surface area contributed by atoms with Crippen LogP contribution in [0.2, 0.25) is 0 Å². The number of amides is 1. The molecule has 0 saturated carbocycles. The summed E-state index contributed by atoms with van der Waals surface area (Å²) < 4.78 is 0.960. The van der Waals surface area contributed by atoms with Gasteiger partial charge < -0.3 is 10.2 Å². The van der Waals surface area contributed by atoms with Crippen LogP contribution < -0.4 is 10.2 Å². The van der Waals surface area contributed by atoms with Crippen molar-refractivity contribution in [2.75, 3.05) is 16.8 Å². The van der Waals surface area contributed by atoms with Crippen molar-refractivity contribution in [3.63, 3.8) is 0 Å². The summed E-state index contributed by atoms with van der Waals surface area (Å²) in [5.41, 5.74) is 1.75. The predicted molar refractivity (Wildman–Crippen MR) is 74.9 cm³/mol. The number of fused-ring (bicyclic) bond motifs is 1. The molecule has 1 heterocycles. The lowest BCUT2D eigenvalue weighted by Gasteiger charge is -2.34. The molecule has 1 aliphatic rings. The minimum Gasteiger partial charge on any atom is -0.372 e. The van der Waals surface area contributed by atoms with E-state index < -0.39 is 0 Å². The van der Waals surface area contributed by atoms with Gasteiger partial charge in [-0.15, -0.1) is 0 Å². The zero-order valence-electron chi connectivity index (χ0n) is 10.4. The fourth-order valence-corrected chi connectivity index (χ4v) is 2.37. The normalized spacial score (nSPS) is 18.3. The smallest absolute Gasteiger partial charge is 0.249 e. The van der Waals surface area contributed by atoms with Crippen molar-refractivity contribution in [3.8, 4) is 0 Å². The molecule has 0 saturated heterocycles. The van der Waals surface area contributed by atoms with Gasteiger partial charge in [0.15, 0.2) is 0 Å². The van der Waals surface area contributed by atoms with Gasteiger partial charge in [-0.1, -0.05) is 15.9 Å². The van der Waals surface area contributed by atoms with Crippen LogP contribution in [0, 0.1) is 0 Å². The van der Waals surface area contributed by atoms with Gasteiger partial charge in [0.1, 0.15) is 11.8 Å². The van der Waals surface area contributed by atoms with Crippen LogP contribution in [0.25, 0.3) is 0 Å². The third kappa shape index (κ3) is 2.56. The Labute approximate surface area is 114 Å². The van der Waals surface area contributed by atoms with Gasteiger partial charge in [-0.2, -0.15) is 0 Å². The van der Waals surface area contributed by atoms with Gasteiger partial charge in [0.25, 0.3) is 0 Å². The first-order valence-corrected chi connectivity index (χ1v) is 6.65. The van der Waals surface area contributed by atoms with E-state index in [9.17, 15) is 9.59 Å². The minimum atomic E-state index is -0.265. The Balaban J connectivity index is 2.33. The summed E-state index contributed by atoms with van der Waals surface area (Å²) in [4.78, 5) is 24.9. The molecule has 0 radical (unpaired) electrons. The van der Waals surface area contributed by atoms with Gasteiger partial charge in [-0.25, -0.2) is 0 Å². The van der Waals surface area contributed by atoms with Crippen molar-refractivity contribution in [2.24, 2.45) is 0 Å². The molecule has 0 aromatic heterocycles. The monoisotopic (exact) mass is 310 g/mol. The number of nitrogens with zero attached hydrogens (tertiary/aromatic N) is 1. The van der Waals surface area contributed by atoms with Crippen molar-refractivity contribution in [1.82, 2.24) is 0 Å². The van der Waals surface area contributed by atoms with Crippen molar-refractivity contribution in [3.05, 3.63) is 22.7 Å². The largest absolute Gasteiger partial charge is 0.372 e. The molecule has 1 aromatic rings. The summed E-state index contributed by atoms with van der Waals surface area (Å²) in [7, 11) is 0. The number of ketones is 1. The van der Waals surface area contributed by atoms with Crippen LogP contribution in [0.15, 0.2) is 22.7 Å². The summed E-state index contributed by atoms with van der Waals surface area (Å²) in [6, 6.07) is 5.46. The van der Waals surface area contributed by atoms with E-state index in [4.69, 9.17) is 0 Å². The first-order valence-electron chi connectivity index (χ1n) is 5.86. The number of rotatable bonds is 3. The number of nitrogens with one attached hydrogen (secondary N) is 1. The van der Waals surface area contributed by atoms with Crippen molar-refractivity contribution >= 4 is 39.0 Å². The predicted octanol–water partition coefficient (Wildman–Crippen LogP) is 2.58. The SMILES string of the molecule is CC(=O)CCN1C(=O)C(C)Nc2cc(Br)ccc21. The Kier molecular flexibility index (Phi) is 3.71. The summed E-state index contributed by atoms with van der Waals surface area (Å²) in [6.45, 7) is 3.81. The fraction of sp³-hybridized carbons (Fsp3) is 0.385. The van der Waals surface area contributed by atoms with Gasteiger partial charge >= 0.3 is 0 Å². The molecule has 0 bridgehead atoms. The van der Waals surface area contributed by atoms with Gasteiger partial charge in [0, 0.05) is 17.4 Å². The molecule has 1 unspecified atom stereocenters. The first-order chi connectivity index (χ1) is 8.49. The lowest BCUT2D eigenvalue weighted by Crippen LogP contribution is -2.46. The van der Waals surface area contributed by atoms with E-state index in [2.05, 4.69) is 21.2 Å². The Morgan fingerprint density at radius 1 is 1.50 bits per heavy atom. The summed E-state index contributed by atoms with van der Waals surface area (Å²) in [6.07, 6.45) is 0.383. The Bertz CT molecular complexity index is 502. The number of anilines is 2. The molecular formula is C13H15BrN2O2. The van der Waals surface area contributed by atoms with Crippen LogP contribution in [-0.4, -0.2) is 24.3 Å². The van der Waals surface area contributed by atoms with Crippen LogP contribution in [-0.2, 0) is 9.59 Å². The molecule has 1 N–H and O–H groups in total. The van der Waals surface area contributed by atoms with Crippen LogP contribution in [0.3, 0.4) is 0 Å². The van der Waals surface area contributed by atoms with Gasteiger partial charge in [0.2, 0.25) is 5.91 Å². The van der Waals surface area contributed by atoms with Crippen molar-refractivity contribution < 1.29 is 9.59 Å². The first kappa shape index (κ1) is 13.1. The maximum atomic E-state index is 12.1. The summed E-state index contributed by atoms with van der Waals surface area (Å²) in [5.74, 6) is 0.0960. The second kappa shape index (κ2) is 5.10. The number of hydrogen-bond acceptors (Lipinski definition) is 3. The number of carbonyl (C=O) groups is 2. The van der Waals surface area contributed by atoms with Crippen molar-refractivity contribution in [1.29, 1.82) is 0 Å². The number of hydrogen-bond donors (Lipinski definition) is 1. The average molecular weight is 311 g/mol. The van der Waals surface area contributed by atoms with E-state index in [0.29, 0.717) is 13.0 Å². The molecule has 0 aliphatic carbocycles. The highest BCUT2D eigenvalue weighted by molar-refractivity contribution is 9.10. The highest BCUT2D eigenvalue weighted by atomic mass is 79.9. The molecule has 1 atom stereocenters. The van der Waals surface area contributed by atoms with E-state index in [0.717, 1.165) is 15.8 Å². The lowest BCUT2D eigenvalue weighted by molar-refractivity contribution is -0.119. The maximum Gasteiger partial charge on any atom is 0.249 e. The zero-order chi connectivity index (χ0) is 13.3. The Morgan fingerprint density at radius 2 is 2.22 bits per heavy atom. The topological polar surface area (TPSA) is 49.4 Å². The molecule has 1 aliphatic heterocycles. The molecule has 96 valence electrons. The van der Waals surface area contributed by atoms with E-state index in [-0.39, 0.29) is 17.7 Å². The minimum absolute atomic E-state index is 0.00562. The lowest BCUT2D eigenvalue weighted by atomic mass is 10.1. The standard InChI is InChI=1S/C13H15BrN2O2/c1-8(17)5-6-16-12-4-3-10(14)7-11(12)15-9(2)13(16)18/h3-4,7,9,15H,5-6H2,1-2H3. The second-order valence-electron chi connectivity index (χ2n) is 4.47. The van der Waals surface area contributed by atoms with Gasteiger partial charge in [0.05, 0.1) is 11.4 Å². The van der Waals surface area contributed by atoms with Crippen LogP contribution in [0.4, 0.5) is 11.4 Å². The van der Waals surface area contributed by atoms with Gasteiger partial charge in [-0.3, -0.25) is 9.59 Å². The van der Waals surface area contributed by atoms with Crippen LogP contribution >= 0.6 is 15.9 Å². The molecule has 0 fully saturated rings. The fourth-order valence-electron chi connectivity index (χ4n) is 2.01. The van der Waals surface area contributed by atoms with E-state index in [1.807, 2.05) is 25.1 Å². The third-order valence-corrected chi connectivity index (χ3v) is 3.44. The molecule has 4 nitrogen and oxygen atoms in total. The second-order valence-corrected chi connectivity index (χ2v) is 5.39. The van der Waals surface area contributed by atoms with Crippen LogP contribution in [0.5, 0.6) is 0 Å². The zero-order valence-corrected chi connectivity index (χ0v) is 12.0. The van der Waals surface area contributed by atoms with E-state index in [1.54, 1.807) is 11.8 Å². The molecule has 18 heavy (non-hydrogen) atoms. The molecule has 5 heteroatoms. The molecule has 1 aromatic carbocycles. The summed E-state index contributed by atoms with van der Waals surface area (Å²) >= 11 is 3.41. The maximum absolute atomic E-state index is 12.1. The quantitative estimate of drug-likeness (QED) is 0.933. The summed E-state index contributed by atoms with van der Waals surface area (Å²) in [5, 5.41) is 3.16. The highest BCUT2D eigenvalue weighted by Crippen LogP contribution is 2.33. The van der Waals surface area contributed by atoms with Crippen LogP contribution in [0.1, 0.15) is 20.3 Å². The average Bonchev–Trinajstić information content (AvgIpc) is 2.29. The van der Waals surface area contributed by atoms with E-state index >= 15 is 0 Å². The number of benzene rings is 1. The number of carbonyl (C=O) groups excluding carboxylic acids is 2. The molecule has 2 rings (SSSR count). The molecule has 0 spiro atoms. The molecular weight excluding hydrogens is 296 g/mol. The third-order valence-electron chi connectivity index (χ3n) is 2.95. The highest BCUT2D eigenvalue weighted by Gasteiger charge is 2.29. The Morgan fingerprint density at radius 3 is 2.89 bits per heavy atom. The van der Waals surface area contributed by atoms with E-state index in [1.165, 1.54) is 0 Å². The van der Waals surface area contributed by atoms with Crippen molar-refractivity contribution in [2.45, 2.75) is 26.3 Å².